The highest BCUT2D eigenvalue weighted by Crippen LogP contribution is 2.46. The minimum Gasteiger partial charge on any atom is -0.371 e. The van der Waals surface area contributed by atoms with Crippen LogP contribution >= 0.6 is 0 Å². The average Bonchev–Trinajstić information content (AvgIpc) is 3.56. The molecule has 1 N–H and O–H groups in total. The first-order valence-electron chi connectivity index (χ1n) is 12.4. The van der Waals surface area contributed by atoms with Crippen LogP contribution in [0.2, 0.25) is 0 Å². The topological polar surface area (TPSA) is 76.4 Å². The number of hydrogen-bond donors (Lipinski definition) is 1. The fourth-order valence-corrected chi connectivity index (χ4v) is 5.23. The molecule has 2 amide bonds. The largest absolute Gasteiger partial charge is 0.417 e. The number of nitrogens with zero attached hydrogens (tertiary/aromatic N) is 3. The predicted molar refractivity (Wildman–Crippen MR) is 125 cm³/mol. The molecule has 4 rings (SSSR count). The zero-order valence-electron chi connectivity index (χ0n) is 20.5. The maximum absolute atomic E-state index is 13.4. The molecule has 6 nitrogen and oxygen atoms in total. The Hall–Kier alpha value is -2.76. The Kier molecular flexibility index (Phi) is 6.54. The molecule has 2 aliphatic heterocycles. The molecule has 2 heterocycles. The molecule has 35 heavy (non-hydrogen) atoms. The second kappa shape index (κ2) is 9.03. The van der Waals surface area contributed by atoms with Crippen molar-refractivity contribution in [1.82, 2.24) is 10.2 Å². The van der Waals surface area contributed by atoms with Crippen molar-refractivity contribution in [2.75, 3.05) is 24.5 Å². The molecule has 1 atom stereocenters. The van der Waals surface area contributed by atoms with Crippen molar-refractivity contribution in [3.8, 4) is 6.07 Å². The number of carbonyl (C=O) groups excluding carboxylic acids is 2. The van der Waals surface area contributed by atoms with Crippen molar-refractivity contribution in [3.63, 3.8) is 0 Å². The number of alkyl halides is 3. The standard InChI is InChI=1S/C26H33F3N4O2/c1-4-24(2,3)23(35)33-16-25(14-21(33)22(34)31-18-6-7-18)9-11-32(12-10-25)19-8-5-17(15-30)20(13-19)26(27,28)29/h5,8,13,18,21H,4,6-7,9-12,14,16H2,1-3H3,(H,31,34). The number of nitriles is 1. The molecule has 1 spiro atoms. The lowest BCUT2D eigenvalue weighted by Gasteiger charge is -2.40. The van der Waals surface area contributed by atoms with Crippen LogP contribution in [-0.4, -0.2) is 48.4 Å². The molecule has 3 fully saturated rings. The predicted octanol–water partition coefficient (Wildman–Crippen LogP) is 4.48. The van der Waals surface area contributed by atoms with Gasteiger partial charge in [0.05, 0.1) is 17.2 Å². The number of piperidine rings is 1. The number of rotatable bonds is 5. The second-order valence-corrected chi connectivity index (χ2v) is 11.0. The van der Waals surface area contributed by atoms with E-state index in [0.29, 0.717) is 51.0 Å². The van der Waals surface area contributed by atoms with Crippen LogP contribution in [0.3, 0.4) is 0 Å². The van der Waals surface area contributed by atoms with Gasteiger partial charge in [0.1, 0.15) is 6.04 Å². The Balaban J connectivity index is 1.52. The third-order valence-electron chi connectivity index (χ3n) is 8.08. The molecule has 9 heteroatoms. The van der Waals surface area contributed by atoms with E-state index in [1.54, 1.807) is 17.0 Å². The van der Waals surface area contributed by atoms with E-state index in [9.17, 15) is 22.8 Å². The summed E-state index contributed by atoms with van der Waals surface area (Å²) in [6, 6.07) is 5.16. The molecule has 0 radical (unpaired) electrons. The number of nitrogens with one attached hydrogen (secondary N) is 1. The van der Waals surface area contributed by atoms with Crippen LogP contribution in [0.5, 0.6) is 0 Å². The van der Waals surface area contributed by atoms with Gasteiger partial charge < -0.3 is 15.1 Å². The van der Waals surface area contributed by atoms with E-state index in [-0.39, 0.29) is 28.8 Å². The highest BCUT2D eigenvalue weighted by atomic mass is 19.4. The summed E-state index contributed by atoms with van der Waals surface area (Å²) < 4.78 is 40.3. The molecule has 3 aliphatic rings. The Morgan fingerprint density at radius 1 is 1.20 bits per heavy atom. The normalized spacial score (nSPS) is 22.3. The molecule has 1 unspecified atom stereocenters. The van der Waals surface area contributed by atoms with Gasteiger partial charge in [-0.2, -0.15) is 18.4 Å². The van der Waals surface area contributed by atoms with Gasteiger partial charge in [0, 0.05) is 36.8 Å². The molecule has 0 aromatic heterocycles. The third-order valence-corrected chi connectivity index (χ3v) is 8.08. The van der Waals surface area contributed by atoms with Crippen LogP contribution in [0.15, 0.2) is 18.2 Å². The summed E-state index contributed by atoms with van der Waals surface area (Å²) in [6.45, 7) is 7.32. The first-order valence-corrected chi connectivity index (χ1v) is 12.4. The van der Waals surface area contributed by atoms with E-state index < -0.39 is 23.2 Å². The van der Waals surface area contributed by atoms with Crippen LogP contribution in [0.4, 0.5) is 18.9 Å². The highest BCUT2D eigenvalue weighted by Gasteiger charge is 2.52. The average molecular weight is 491 g/mol. The number of amides is 2. The molecular formula is C26H33F3N4O2. The maximum Gasteiger partial charge on any atom is 0.417 e. The Bertz CT molecular complexity index is 1030. The number of benzene rings is 1. The van der Waals surface area contributed by atoms with E-state index in [1.807, 2.05) is 25.7 Å². The zero-order chi connectivity index (χ0) is 25.6. The van der Waals surface area contributed by atoms with Crippen LogP contribution in [0.25, 0.3) is 0 Å². The van der Waals surface area contributed by atoms with E-state index >= 15 is 0 Å². The van der Waals surface area contributed by atoms with Crippen molar-refractivity contribution in [1.29, 1.82) is 5.26 Å². The summed E-state index contributed by atoms with van der Waals surface area (Å²) >= 11 is 0. The second-order valence-electron chi connectivity index (χ2n) is 11.0. The van der Waals surface area contributed by atoms with Crippen LogP contribution in [0.1, 0.15) is 70.4 Å². The summed E-state index contributed by atoms with van der Waals surface area (Å²) in [5.41, 5.74) is -1.68. The van der Waals surface area contributed by atoms with E-state index in [1.165, 1.54) is 6.07 Å². The molecule has 1 saturated carbocycles. The summed E-state index contributed by atoms with van der Waals surface area (Å²) in [4.78, 5) is 30.2. The van der Waals surface area contributed by atoms with Crippen molar-refractivity contribution >= 4 is 17.5 Å². The van der Waals surface area contributed by atoms with Gasteiger partial charge in [-0.05, 0) is 62.1 Å². The summed E-state index contributed by atoms with van der Waals surface area (Å²) in [6.07, 6.45) is -0.0598. The number of likely N-dealkylation sites (tertiary alicyclic amines) is 1. The molecule has 190 valence electrons. The lowest BCUT2D eigenvalue weighted by Crippen LogP contribution is -2.50. The first-order chi connectivity index (χ1) is 16.4. The fourth-order valence-electron chi connectivity index (χ4n) is 5.23. The number of halogens is 3. The molecule has 1 aromatic carbocycles. The first kappa shape index (κ1) is 25.3. The quantitative estimate of drug-likeness (QED) is 0.660. The van der Waals surface area contributed by atoms with E-state index in [4.69, 9.17) is 5.26 Å². The van der Waals surface area contributed by atoms with Gasteiger partial charge in [0.25, 0.3) is 0 Å². The van der Waals surface area contributed by atoms with Gasteiger partial charge >= 0.3 is 6.18 Å². The van der Waals surface area contributed by atoms with Crippen LogP contribution in [0, 0.1) is 22.2 Å². The van der Waals surface area contributed by atoms with Crippen molar-refractivity contribution in [2.24, 2.45) is 10.8 Å². The van der Waals surface area contributed by atoms with Crippen molar-refractivity contribution < 1.29 is 22.8 Å². The van der Waals surface area contributed by atoms with Crippen molar-refractivity contribution in [2.45, 2.75) is 77.6 Å². The minimum absolute atomic E-state index is 0.0165. The highest BCUT2D eigenvalue weighted by molar-refractivity contribution is 5.91. The number of hydrogen-bond acceptors (Lipinski definition) is 4. The van der Waals surface area contributed by atoms with Crippen LogP contribution in [-0.2, 0) is 15.8 Å². The van der Waals surface area contributed by atoms with Gasteiger partial charge in [-0.25, -0.2) is 0 Å². The number of anilines is 1. The Morgan fingerprint density at radius 2 is 1.86 bits per heavy atom. The maximum atomic E-state index is 13.4. The molecule has 0 bridgehead atoms. The summed E-state index contributed by atoms with van der Waals surface area (Å²) in [5, 5.41) is 12.1. The van der Waals surface area contributed by atoms with Gasteiger partial charge in [-0.3, -0.25) is 9.59 Å². The lowest BCUT2D eigenvalue weighted by atomic mass is 9.76. The molecule has 1 aromatic rings. The Labute approximate surface area is 204 Å². The SMILES string of the molecule is CCC(C)(C)C(=O)N1CC2(CCN(c3ccc(C#N)c(C(F)(F)F)c3)CC2)CC1C(=O)NC1CC1. The third kappa shape index (κ3) is 5.12. The summed E-state index contributed by atoms with van der Waals surface area (Å²) in [5.74, 6) is -0.105. The monoisotopic (exact) mass is 490 g/mol. The van der Waals surface area contributed by atoms with E-state index in [2.05, 4.69) is 5.32 Å². The zero-order valence-corrected chi connectivity index (χ0v) is 20.5. The molecule has 1 aliphatic carbocycles. The van der Waals surface area contributed by atoms with Gasteiger partial charge in [-0.1, -0.05) is 20.8 Å². The van der Waals surface area contributed by atoms with Crippen LogP contribution < -0.4 is 10.2 Å². The minimum atomic E-state index is -4.60. The van der Waals surface area contributed by atoms with Gasteiger partial charge in [-0.15, -0.1) is 0 Å². The summed E-state index contributed by atoms with van der Waals surface area (Å²) in [7, 11) is 0. The smallest absolute Gasteiger partial charge is 0.371 e. The lowest BCUT2D eigenvalue weighted by molar-refractivity contribution is -0.145. The van der Waals surface area contributed by atoms with Gasteiger partial charge in [0.2, 0.25) is 11.8 Å². The molecular weight excluding hydrogens is 457 g/mol. The fraction of sp³-hybridized carbons (Fsp3) is 0.654. The van der Waals surface area contributed by atoms with Gasteiger partial charge in [0.15, 0.2) is 0 Å². The molecule has 2 saturated heterocycles. The number of carbonyl (C=O) groups is 2. The van der Waals surface area contributed by atoms with E-state index in [0.717, 1.165) is 18.9 Å². The Morgan fingerprint density at radius 3 is 2.40 bits per heavy atom. The van der Waals surface area contributed by atoms with Crippen molar-refractivity contribution in [3.05, 3.63) is 29.3 Å².